The minimum absolute atomic E-state index is 0.412. The Morgan fingerprint density at radius 3 is 2.45 bits per heavy atom. The molecule has 0 amide bonds. The third-order valence-electron chi connectivity index (χ3n) is 10.6. The van der Waals surface area contributed by atoms with Gasteiger partial charge < -0.3 is 0 Å². The first-order chi connectivity index (χ1) is 21.8. The molecule has 1 unspecified atom stereocenters. The van der Waals surface area contributed by atoms with Crippen LogP contribution in [0.5, 0.6) is 0 Å². The van der Waals surface area contributed by atoms with E-state index in [1.807, 2.05) is 12.3 Å². The van der Waals surface area contributed by atoms with Gasteiger partial charge in [0.25, 0.3) is 0 Å². The number of nitrogens with zero attached hydrogens (tertiary/aromatic N) is 1. The Morgan fingerprint density at radius 1 is 0.659 bits per heavy atom. The van der Waals surface area contributed by atoms with Crippen molar-refractivity contribution in [2.24, 2.45) is 11.8 Å². The van der Waals surface area contributed by atoms with Crippen LogP contribution in [0.15, 0.2) is 134 Å². The molecule has 5 aliphatic carbocycles. The van der Waals surface area contributed by atoms with Gasteiger partial charge in [0, 0.05) is 23.6 Å². The van der Waals surface area contributed by atoms with E-state index in [2.05, 4.69) is 126 Å². The van der Waals surface area contributed by atoms with Crippen molar-refractivity contribution in [2.75, 3.05) is 0 Å². The standard InChI is InChI=1S/C43H31N/c1-2-11-27(12-3-1)39-36-25-30(28-15-8-16-29(23-28)37-21-6-7-22-44-37)24-35-31-17-4-5-18-32(31)41(40(35)36)43-34-20-10-14-26-13-9-19-33(38(26)34)42(39)43/h1-2,4-11,14-26,33,38H,3,12-13H2/t26-,33-,38?/m0/s1. The maximum atomic E-state index is 4.65. The largest absolute Gasteiger partial charge is 0.256 e. The van der Waals surface area contributed by atoms with Crippen molar-refractivity contribution in [2.45, 2.75) is 25.2 Å². The Bertz CT molecular complexity index is 2200. The van der Waals surface area contributed by atoms with Crippen LogP contribution in [0.2, 0.25) is 0 Å². The van der Waals surface area contributed by atoms with Crippen molar-refractivity contribution in [1.82, 2.24) is 4.98 Å². The fourth-order valence-corrected chi connectivity index (χ4v) is 8.88. The molecule has 0 saturated heterocycles. The van der Waals surface area contributed by atoms with Gasteiger partial charge in [-0.05, 0) is 128 Å². The lowest BCUT2D eigenvalue weighted by atomic mass is 9.72. The highest BCUT2D eigenvalue weighted by Crippen LogP contribution is 2.63. The summed E-state index contributed by atoms with van der Waals surface area (Å²) in [7, 11) is 0. The third-order valence-corrected chi connectivity index (χ3v) is 10.6. The maximum absolute atomic E-state index is 4.65. The van der Waals surface area contributed by atoms with Crippen LogP contribution in [-0.4, -0.2) is 4.98 Å². The molecule has 0 radical (unpaired) electrons. The highest BCUT2D eigenvalue weighted by atomic mass is 14.7. The van der Waals surface area contributed by atoms with E-state index in [4.69, 9.17) is 0 Å². The molecule has 0 N–H and O–H groups in total. The summed E-state index contributed by atoms with van der Waals surface area (Å²) in [5.41, 5.74) is 17.9. The van der Waals surface area contributed by atoms with E-state index in [-0.39, 0.29) is 0 Å². The molecule has 3 atom stereocenters. The summed E-state index contributed by atoms with van der Waals surface area (Å²) in [4.78, 5) is 4.65. The van der Waals surface area contributed by atoms with Crippen LogP contribution in [-0.2, 0) is 0 Å². The van der Waals surface area contributed by atoms with Gasteiger partial charge in [-0.2, -0.15) is 0 Å². The number of hydrogen-bond acceptors (Lipinski definition) is 1. The summed E-state index contributed by atoms with van der Waals surface area (Å²) in [5.74, 6) is 1.51. The molecule has 0 spiro atoms. The van der Waals surface area contributed by atoms with Crippen molar-refractivity contribution in [1.29, 1.82) is 0 Å². The molecule has 0 bridgehead atoms. The van der Waals surface area contributed by atoms with Crippen LogP contribution in [0.25, 0.3) is 66.6 Å². The lowest BCUT2D eigenvalue weighted by Gasteiger charge is -2.31. The second-order valence-corrected chi connectivity index (χ2v) is 12.9. The summed E-state index contributed by atoms with van der Waals surface area (Å²) >= 11 is 0. The van der Waals surface area contributed by atoms with Crippen LogP contribution in [0.3, 0.4) is 0 Å². The molecule has 1 nitrogen and oxygen atoms in total. The number of allylic oxidation sites excluding steroid dienone is 10. The van der Waals surface area contributed by atoms with Gasteiger partial charge in [-0.15, -0.1) is 0 Å². The highest BCUT2D eigenvalue weighted by molar-refractivity contribution is 6.23. The zero-order valence-corrected chi connectivity index (χ0v) is 24.5. The molecule has 10 rings (SSSR count). The monoisotopic (exact) mass is 561 g/mol. The van der Waals surface area contributed by atoms with Gasteiger partial charge in [-0.1, -0.05) is 97.1 Å². The molecule has 0 aliphatic heterocycles. The molecule has 44 heavy (non-hydrogen) atoms. The van der Waals surface area contributed by atoms with Crippen LogP contribution in [0.4, 0.5) is 0 Å². The van der Waals surface area contributed by atoms with Crippen LogP contribution in [0.1, 0.15) is 41.9 Å². The smallest absolute Gasteiger partial charge is 0.0702 e. The summed E-state index contributed by atoms with van der Waals surface area (Å²) in [6.07, 6.45) is 24.4. The fourth-order valence-electron chi connectivity index (χ4n) is 8.88. The highest BCUT2D eigenvalue weighted by Gasteiger charge is 2.46. The van der Waals surface area contributed by atoms with Gasteiger partial charge >= 0.3 is 0 Å². The van der Waals surface area contributed by atoms with Gasteiger partial charge in [0.1, 0.15) is 0 Å². The van der Waals surface area contributed by atoms with Gasteiger partial charge in [0.2, 0.25) is 0 Å². The molecule has 0 saturated carbocycles. The summed E-state index contributed by atoms with van der Waals surface area (Å²) in [6, 6.07) is 29.2. The van der Waals surface area contributed by atoms with Crippen molar-refractivity contribution in [3.05, 3.63) is 150 Å². The van der Waals surface area contributed by atoms with E-state index in [0.29, 0.717) is 17.8 Å². The summed E-state index contributed by atoms with van der Waals surface area (Å²) in [6.45, 7) is 0. The number of hydrogen-bond donors (Lipinski definition) is 0. The van der Waals surface area contributed by atoms with E-state index < -0.39 is 0 Å². The summed E-state index contributed by atoms with van der Waals surface area (Å²) in [5, 5.41) is 2.85. The second kappa shape index (κ2) is 9.24. The van der Waals surface area contributed by atoms with E-state index in [9.17, 15) is 0 Å². The fraction of sp³-hybridized carbons (Fsp3) is 0.140. The van der Waals surface area contributed by atoms with Crippen LogP contribution < -0.4 is 0 Å². The first-order valence-corrected chi connectivity index (χ1v) is 16.1. The van der Waals surface area contributed by atoms with Crippen molar-refractivity contribution < 1.29 is 0 Å². The van der Waals surface area contributed by atoms with Crippen molar-refractivity contribution >= 4 is 21.9 Å². The second-order valence-electron chi connectivity index (χ2n) is 12.9. The SMILES string of the molecule is C1=CCCC(c2c3c(c4c5c(cc(-c6cccc(-c7ccccn7)c6)cc25)-c2ccccc2-4)C2=CC=C[C@@H]4CC=C[C@H]3C24)=C1. The Hall–Kier alpha value is -5.01. The van der Waals surface area contributed by atoms with E-state index in [1.165, 1.54) is 60.9 Å². The molecule has 5 aliphatic rings. The lowest BCUT2D eigenvalue weighted by molar-refractivity contribution is 0.445. The quantitative estimate of drug-likeness (QED) is 0.196. The van der Waals surface area contributed by atoms with Gasteiger partial charge in [-0.25, -0.2) is 0 Å². The third kappa shape index (κ3) is 3.33. The van der Waals surface area contributed by atoms with Gasteiger partial charge in [0.05, 0.1) is 5.69 Å². The topological polar surface area (TPSA) is 12.9 Å². The molecular formula is C43H31N. The normalized spacial score (nSPS) is 21.6. The predicted molar refractivity (Wildman–Crippen MR) is 184 cm³/mol. The Balaban J connectivity index is 1.33. The van der Waals surface area contributed by atoms with Crippen molar-refractivity contribution in [3.63, 3.8) is 0 Å². The minimum atomic E-state index is 0.412. The Morgan fingerprint density at radius 2 is 1.57 bits per heavy atom. The average molecular weight is 562 g/mol. The molecule has 4 aromatic carbocycles. The van der Waals surface area contributed by atoms with Crippen molar-refractivity contribution in [3.8, 4) is 44.6 Å². The number of fused-ring (bicyclic) bond motifs is 7. The van der Waals surface area contributed by atoms with Crippen LogP contribution >= 0.6 is 0 Å². The Kier molecular flexibility index (Phi) is 5.13. The molecule has 1 heterocycles. The van der Waals surface area contributed by atoms with E-state index >= 15 is 0 Å². The molecule has 208 valence electrons. The average Bonchev–Trinajstić information content (AvgIpc) is 3.61. The summed E-state index contributed by atoms with van der Waals surface area (Å²) < 4.78 is 0. The zero-order chi connectivity index (χ0) is 28.8. The molecular weight excluding hydrogens is 530 g/mol. The number of aromatic nitrogens is 1. The Labute approximate surface area is 258 Å². The lowest BCUT2D eigenvalue weighted by Crippen LogP contribution is -2.20. The molecule has 1 heteroatoms. The molecule has 0 fully saturated rings. The molecule has 1 aromatic heterocycles. The number of rotatable bonds is 3. The predicted octanol–water partition coefficient (Wildman–Crippen LogP) is 11.2. The number of pyridine rings is 1. The van der Waals surface area contributed by atoms with Gasteiger partial charge in [0.15, 0.2) is 0 Å². The van der Waals surface area contributed by atoms with E-state index in [1.54, 1.807) is 11.1 Å². The minimum Gasteiger partial charge on any atom is -0.256 e. The van der Waals surface area contributed by atoms with E-state index in [0.717, 1.165) is 30.5 Å². The first kappa shape index (κ1) is 24.4. The maximum Gasteiger partial charge on any atom is 0.0702 e. The first-order valence-electron chi connectivity index (χ1n) is 16.1. The zero-order valence-electron chi connectivity index (χ0n) is 24.5. The molecule has 5 aromatic rings. The van der Waals surface area contributed by atoms with Gasteiger partial charge in [-0.3, -0.25) is 4.98 Å². The van der Waals surface area contributed by atoms with Crippen LogP contribution in [0, 0.1) is 11.8 Å². The number of benzene rings is 4.